The van der Waals surface area contributed by atoms with Crippen LogP contribution in [0.3, 0.4) is 0 Å². The van der Waals surface area contributed by atoms with E-state index in [1.807, 2.05) is 0 Å². The minimum absolute atomic E-state index is 0. The second kappa shape index (κ2) is 6.42. The van der Waals surface area contributed by atoms with Crippen molar-refractivity contribution in [1.82, 2.24) is 0 Å². The Labute approximate surface area is 107 Å². The zero-order valence-electron chi connectivity index (χ0n) is 8.60. The second-order valence-corrected chi connectivity index (χ2v) is 3.84. The van der Waals surface area contributed by atoms with Crippen molar-refractivity contribution in [3.05, 3.63) is 34.6 Å². The highest BCUT2D eigenvalue weighted by Crippen LogP contribution is 2.27. The topological polar surface area (TPSA) is 26.0 Å². The Morgan fingerprint density at radius 3 is 2.35 bits per heavy atom. The van der Waals surface area contributed by atoms with Crippen molar-refractivity contribution in [3.8, 4) is 0 Å². The molecule has 0 saturated heterocycles. The third-order valence-electron chi connectivity index (χ3n) is 2.11. The third-order valence-corrected chi connectivity index (χ3v) is 2.42. The molecule has 0 aliphatic rings. The highest BCUT2D eigenvalue weighted by atomic mass is 35.5. The lowest BCUT2D eigenvalue weighted by Gasteiger charge is -2.13. The van der Waals surface area contributed by atoms with Crippen molar-refractivity contribution in [2.75, 3.05) is 0 Å². The first-order valence-corrected chi connectivity index (χ1v) is 4.94. The predicted molar refractivity (Wildman–Crippen MR) is 60.9 cm³/mol. The van der Waals surface area contributed by atoms with Gasteiger partial charge in [-0.3, -0.25) is 0 Å². The molecule has 0 fully saturated rings. The Morgan fingerprint density at radius 2 is 1.88 bits per heavy atom. The molecule has 7 heteroatoms. The molecular weight excluding hydrogens is 281 g/mol. The summed E-state index contributed by atoms with van der Waals surface area (Å²) in [5, 5.41) is -0.0771. The van der Waals surface area contributed by atoms with Crippen LogP contribution in [-0.4, -0.2) is 6.18 Å². The molecule has 0 spiro atoms. The Bertz CT molecular complexity index is 368. The molecule has 0 bridgehead atoms. The van der Waals surface area contributed by atoms with Crippen LogP contribution in [0.4, 0.5) is 17.6 Å². The van der Waals surface area contributed by atoms with Crippen molar-refractivity contribution in [2.24, 2.45) is 5.73 Å². The van der Waals surface area contributed by atoms with Crippen LogP contribution in [0.15, 0.2) is 18.2 Å². The second-order valence-electron chi connectivity index (χ2n) is 3.43. The Kier molecular flexibility index (Phi) is 6.23. The smallest absolute Gasteiger partial charge is 0.324 e. The Hall–Kier alpha value is -0.520. The molecule has 1 rings (SSSR count). The van der Waals surface area contributed by atoms with Crippen LogP contribution in [0.1, 0.15) is 24.4 Å². The first kappa shape index (κ1) is 16.5. The average molecular weight is 292 g/mol. The van der Waals surface area contributed by atoms with E-state index in [1.165, 1.54) is 12.1 Å². The highest BCUT2D eigenvalue weighted by molar-refractivity contribution is 6.30. The van der Waals surface area contributed by atoms with Crippen LogP contribution in [0, 0.1) is 5.82 Å². The van der Waals surface area contributed by atoms with Gasteiger partial charge in [-0.15, -0.1) is 12.4 Å². The Morgan fingerprint density at radius 1 is 1.29 bits per heavy atom. The van der Waals surface area contributed by atoms with Gasteiger partial charge in [0.2, 0.25) is 0 Å². The van der Waals surface area contributed by atoms with Gasteiger partial charge in [0.1, 0.15) is 5.82 Å². The third kappa shape index (κ3) is 5.57. The molecule has 0 amide bonds. The van der Waals surface area contributed by atoms with Crippen molar-refractivity contribution in [2.45, 2.75) is 25.1 Å². The van der Waals surface area contributed by atoms with Crippen molar-refractivity contribution in [3.63, 3.8) is 0 Å². The summed E-state index contributed by atoms with van der Waals surface area (Å²) in [6, 6.07) is 2.92. The van der Waals surface area contributed by atoms with Gasteiger partial charge < -0.3 is 5.73 Å². The molecule has 1 aromatic carbocycles. The van der Waals surface area contributed by atoms with Crippen LogP contribution in [0.2, 0.25) is 5.02 Å². The highest BCUT2D eigenvalue weighted by Gasteiger charge is 2.27. The summed E-state index contributed by atoms with van der Waals surface area (Å²) >= 11 is 5.44. The largest absolute Gasteiger partial charge is 0.389 e. The molecular formula is C10H11Cl2F4N. The average Bonchev–Trinajstić information content (AvgIpc) is 2.17. The van der Waals surface area contributed by atoms with Crippen LogP contribution < -0.4 is 5.73 Å². The van der Waals surface area contributed by atoms with Gasteiger partial charge in [-0.25, -0.2) is 4.39 Å². The number of hydrogen-bond donors (Lipinski definition) is 1. The number of alkyl halides is 3. The summed E-state index contributed by atoms with van der Waals surface area (Å²) in [6.07, 6.45) is -5.51. The predicted octanol–water partition coefficient (Wildman–Crippen LogP) is 4.24. The maximum atomic E-state index is 13.0. The molecule has 1 aromatic rings. The van der Waals surface area contributed by atoms with Crippen LogP contribution in [-0.2, 0) is 0 Å². The lowest BCUT2D eigenvalue weighted by Crippen LogP contribution is -2.15. The molecule has 17 heavy (non-hydrogen) atoms. The van der Waals surface area contributed by atoms with Crippen LogP contribution in [0.25, 0.3) is 0 Å². The van der Waals surface area contributed by atoms with Gasteiger partial charge in [0.05, 0.1) is 5.02 Å². The summed E-state index contributed by atoms with van der Waals surface area (Å²) in [7, 11) is 0. The maximum absolute atomic E-state index is 13.0. The van der Waals surface area contributed by atoms with Gasteiger partial charge in [0.15, 0.2) is 0 Å². The molecule has 0 aliphatic carbocycles. The molecule has 2 N–H and O–H groups in total. The number of halogens is 6. The molecule has 0 radical (unpaired) electrons. The molecule has 1 nitrogen and oxygen atoms in total. The molecule has 1 atom stereocenters. The molecule has 0 heterocycles. The lowest BCUT2D eigenvalue weighted by atomic mass is 10.0. The van der Waals surface area contributed by atoms with Gasteiger partial charge in [0.25, 0.3) is 0 Å². The van der Waals surface area contributed by atoms with Crippen molar-refractivity contribution < 1.29 is 17.6 Å². The van der Waals surface area contributed by atoms with Crippen molar-refractivity contribution in [1.29, 1.82) is 0 Å². The SMILES string of the molecule is Cl.N[C@@H](CCC(F)(F)F)c1ccc(Cl)c(F)c1. The lowest BCUT2D eigenvalue weighted by molar-refractivity contribution is -0.136. The molecule has 98 valence electrons. The molecule has 0 saturated carbocycles. The van der Waals surface area contributed by atoms with E-state index in [0.29, 0.717) is 5.56 Å². The number of nitrogens with two attached hydrogens (primary N) is 1. The Balaban J connectivity index is 0.00000256. The fourth-order valence-corrected chi connectivity index (χ4v) is 1.35. The van der Waals surface area contributed by atoms with Crippen LogP contribution in [0.5, 0.6) is 0 Å². The quantitative estimate of drug-likeness (QED) is 0.828. The van der Waals surface area contributed by atoms with Gasteiger partial charge in [-0.1, -0.05) is 17.7 Å². The minimum atomic E-state index is -4.25. The van der Waals surface area contributed by atoms with Crippen molar-refractivity contribution >= 4 is 24.0 Å². The summed E-state index contributed by atoms with van der Waals surface area (Å²) in [5.41, 5.74) is 5.82. The summed E-state index contributed by atoms with van der Waals surface area (Å²) in [4.78, 5) is 0. The van der Waals surface area contributed by atoms with E-state index in [4.69, 9.17) is 17.3 Å². The first-order chi connectivity index (χ1) is 7.29. The van der Waals surface area contributed by atoms with E-state index in [0.717, 1.165) is 6.07 Å². The van der Waals surface area contributed by atoms with Gasteiger partial charge >= 0.3 is 6.18 Å². The fourth-order valence-electron chi connectivity index (χ4n) is 1.23. The van der Waals surface area contributed by atoms with Gasteiger partial charge in [-0.05, 0) is 24.1 Å². The van der Waals surface area contributed by atoms with E-state index in [2.05, 4.69) is 0 Å². The molecule has 0 aromatic heterocycles. The summed E-state index contributed by atoms with van der Waals surface area (Å²) in [6.45, 7) is 0. The van der Waals surface area contributed by atoms with E-state index < -0.39 is 24.5 Å². The molecule has 0 aliphatic heterocycles. The zero-order chi connectivity index (χ0) is 12.3. The number of benzene rings is 1. The maximum Gasteiger partial charge on any atom is 0.389 e. The van der Waals surface area contributed by atoms with E-state index in [-0.39, 0.29) is 23.9 Å². The number of hydrogen-bond acceptors (Lipinski definition) is 1. The van der Waals surface area contributed by atoms with E-state index in [1.54, 1.807) is 0 Å². The van der Waals surface area contributed by atoms with Crippen LogP contribution >= 0.6 is 24.0 Å². The van der Waals surface area contributed by atoms with E-state index in [9.17, 15) is 17.6 Å². The monoisotopic (exact) mass is 291 g/mol. The standard InChI is InChI=1S/C10H10ClF4N.ClH/c11-7-2-1-6(5-8(7)12)9(16)3-4-10(13,14)15;/h1-2,5,9H,3-4,16H2;1H/t9-;/m0./s1. The summed E-state index contributed by atoms with van der Waals surface area (Å²) in [5.74, 6) is -0.679. The number of rotatable bonds is 3. The van der Waals surface area contributed by atoms with Gasteiger partial charge in [0, 0.05) is 12.5 Å². The van der Waals surface area contributed by atoms with Gasteiger partial charge in [-0.2, -0.15) is 13.2 Å². The minimum Gasteiger partial charge on any atom is -0.324 e. The zero-order valence-corrected chi connectivity index (χ0v) is 10.2. The van der Waals surface area contributed by atoms with E-state index >= 15 is 0 Å². The first-order valence-electron chi connectivity index (χ1n) is 4.57. The normalized spacial score (nSPS) is 13.1. The molecule has 0 unspecified atom stereocenters. The fraction of sp³-hybridized carbons (Fsp3) is 0.400. The summed E-state index contributed by atoms with van der Waals surface area (Å²) < 4.78 is 48.8.